The number of rotatable bonds is 2. The number of hydrogen-bond donors (Lipinski definition) is 2. The second-order valence-electron chi connectivity index (χ2n) is 3.36. The quantitative estimate of drug-likeness (QED) is 0.764. The van der Waals surface area contributed by atoms with Crippen molar-refractivity contribution in [2.75, 3.05) is 25.0 Å². The SMILES string of the molecule is O=C(O)C1CN(C(=O)Nc2cnns2)CCO1. The van der Waals surface area contributed by atoms with Crippen LogP contribution in [0.15, 0.2) is 6.20 Å². The monoisotopic (exact) mass is 258 g/mol. The fourth-order valence-corrected chi connectivity index (χ4v) is 1.80. The highest BCUT2D eigenvalue weighted by Gasteiger charge is 2.29. The Morgan fingerprint density at radius 1 is 1.65 bits per heavy atom. The number of urea groups is 1. The number of carboxylic acid groups (broad SMARTS) is 1. The molecule has 0 aromatic carbocycles. The lowest BCUT2D eigenvalue weighted by Crippen LogP contribution is -2.49. The van der Waals surface area contributed by atoms with Crippen molar-refractivity contribution in [1.29, 1.82) is 0 Å². The Morgan fingerprint density at radius 3 is 3.12 bits per heavy atom. The Hall–Kier alpha value is -1.74. The van der Waals surface area contributed by atoms with Gasteiger partial charge in [0.05, 0.1) is 19.3 Å². The minimum absolute atomic E-state index is 0.0351. The smallest absolute Gasteiger partial charge is 0.334 e. The molecule has 2 N–H and O–H groups in total. The number of ether oxygens (including phenoxy) is 1. The molecule has 0 spiro atoms. The van der Waals surface area contributed by atoms with E-state index >= 15 is 0 Å². The molecule has 17 heavy (non-hydrogen) atoms. The lowest BCUT2D eigenvalue weighted by atomic mass is 10.3. The maximum absolute atomic E-state index is 11.8. The van der Waals surface area contributed by atoms with Crippen molar-refractivity contribution in [3.8, 4) is 0 Å². The number of morpholine rings is 1. The van der Waals surface area contributed by atoms with Crippen LogP contribution in [0.2, 0.25) is 0 Å². The normalized spacial score (nSPS) is 20.0. The standard InChI is InChI=1S/C8H10N4O4S/c13-7(14)5-4-12(1-2-16-5)8(15)10-6-3-9-11-17-6/h3,5H,1-2,4H2,(H,10,15)(H,13,14). The second-order valence-corrected chi connectivity index (χ2v) is 4.14. The highest BCUT2D eigenvalue weighted by Crippen LogP contribution is 2.12. The maximum atomic E-state index is 11.8. The van der Waals surface area contributed by atoms with Crippen molar-refractivity contribution in [2.24, 2.45) is 0 Å². The third-order valence-corrected chi connectivity index (χ3v) is 2.80. The molecule has 1 aliphatic heterocycles. The van der Waals surface area contributed by atoms with Gasteiger partial charge < -0.3 is 14.7 Å². The van der Waals surface area contributed by atoms with Gasteiger partial charge in [0.15, 0.2) is 6.10 Å². The molecular formula is C8H10N4O4S. The van der Waals surface area contributed by atoms with Crippen molar-refractivity contribution in [2.45, 2.75) is 6.10 Å². The zero-order valence-corrected chi connectivity index (χ0v) is 9.51. The molecule has 1 atom stereocenters. The molecular weight excluding hydrogens is 248 g/mol. The number of carbonyl (C=O) groups excluding carboxylic acids is 1. The van der Waals surface area contributed by atoms with Crippen LogP contribution in [-0.2, 0) is 9.53 Å². The molecule has 9 heteroatoms. The van der Waals surface area contributed by atoms with Crippen LogP contribution in [0.5, 0.6) is 0 Å². The number of carboxylic acids is 1. The summed E-state index contributed by atoms with van der Waals surface area (Å²) in [6, 6.07) is -0.370. The number of anilines is 1. The van der Waals surface area contributed by atoms with Gasteiger partial charge in [-0.05, 0) is 0 Å². The minimum Gasteiger partial charge on any atom is -0.479 e. The molecule has 92 valence electrons. The number of amides is 2. The average Bonchev–Trinajstić information content (AvgIpc) is 2.82. The molecule has 1 aromatic rings. The minimum atomic E-state index is -1.07. The van der Waals surface area contributed by atoms with Crippen LogP contribution >= 0.6 is 11.5 Å². The van der Waals surface area contributed by atoms with E-state index in [1.807, 2.05) is 0 Å². The summed E-state index contributed by atoms with van der Waals surface area (Å²) in [5, 5.41) is 15.5. The summed E-state index contributed by atoms with van der Waals surface area (Å²) in [6.45, 7) is 0.612. The van der Waals surface area contributed by atoms with Crippen molar-refractivity contribution in [1.82, 2.24) is 14.5 Å². The van der Waals surface area contributed by atoms with Gasteiger partial charge in [-0.3, -0.25) is 5.32 Å². The first-order valence-electron chi connectivity index (χ1n) is 4.84. The van der Waals surface area contributed by atoms with Crippen LogP contribution in [0.4, 0.5) is 9.80 Å². The van der Waals surface area contributed by atoms with Gasteiger partial charge in [0.25, 0.3) is 0 Å². The highest BCUT2D eigenvalue weighted by molar-refractivity contribution is 7.10. The Labute approximate surface area is 100 Å². The summed E-state index contributed by atoms with van der Waals surface area (Å²) in [5.41, 5.74) is 0. The van der Waals surface area contributed by atoms with Crippen molar-refractivity contribution in [3.05, 3.63) is 6.20 Å². The molecule has 0 saturated carbocycles. The Kier molecular flexibility index (Phi) is 3.49. The molecule has 1 fully saturated rings. The predicted molar refractivity (Wildman–Crippen MR) is 57.9 cm³/mol. The third-order valence-electron chi connectivity index (χ3n) is 2.22. The summed E-state index contributed by atoms with van der Waals surface area (Å²) in [5.74, 6) is -1.07. The maximum Gasteiger partial charge on any atom is 0.334 e. The fraction of sp³-hybridized carbons (Fsp3) is 0.500. The zero-order chi connectivity index (χ0) is 12.3. The van der Waals surface area contributed by atoms with Crippen LogP contribution in [0.1, 0.15) is 0 Å². The van der Waals surface area contributed by atoms with E-state index in [4.69, 9.17) is 9.84 Å². The number of aromatic nitrogens is 2. The number of hydrogen-bond acceptors (Lipinski definition) is 6. The van der Waals surface area contributed by atoms with Gasteiger partial charge in [-0.25, -0.2) is 9.59 Å². The highest BCUT2D eigenvalue weighted by atomic mass is 32.1. The van der Waals surface area contributed by atoms with E-state index in [9.17, 15) is 9.59 Å². The topological polar surface area (TPSA) is 105 Å². The van der Waals surface area contributed by atoms with Crippen LogP contribution in [0.3, 0.4) is 0 Å². The number of nitrogens with zero attached hydrogens (tertiary/aromatic N) is 3. The molecule has 8 nitrogen and oxygen atoms in total. The lowest BCUT2D eigenvalue weighted by molar-refractivity contribution is -0.154. The Balaban J connectivity index is 1.93. The van der Waals surface area contributed by atoms with Gasteiger partial charge in [-0.15, -0.1) is 5.10 Å². The summed E-state index contributed by atoms with van der Waals surface area (Å²) in [6.07, 6.45) is 0.464. The molecule has 2 heterocycles. The van der Waals surface area contributed by atoms with Crippen molar-refractivity contribution < 1.29 is 19.4 Å². The molecule has 2 rings (SSSR count). The first kappa shape index (κ1) is 11.7. The largest absolute Gasteiger partial charge is 0.479 e. The first-order chi connectivity index (χ1) is 8.16. The van der Waals surface area contributed by atoms with Gasteiger partial charge >= 0.3 is 12.0 Å². The van der Waals surface area contributed by atoms with Crippen LogP contribution in [0, 0.1) is 0 Å². The number of nitrogens with one attached hydrogen (secondary N) is 1. The van der Waals surface area contributed by atoms with E-state index in [1.165, 1.54) is 11.1 Å². The molecule has 0 radical (unpaired) electrons. The van der Waals surface area contributed by atoms with E-state index in [1.54, 1.807) is 0 Å². The van der Waals surface area contributed by atoms with E-state index in [0.29, 0.717) is 11.5 Å². The summed E-state index contributed by atoms with van der Waals surface area (Å²) in [4.78, 5) is 23.9. The Bertz CT molecular complexity index is 410. The second kappa shape index (κ2) is 5.06. The summed E-state index contributed by atoms with van der Waals surface area (Å²) < 4.78 is 8.61. The van der Waals surface area contributed by atoms with Crippen molar-refractivity contribution in [3.63, 3.8) is 0 Å². The Morgan fingerprint density at radius 2 is 2.47 bits per heavy atom. The van der Waals surface area contributed by atoms with Gasteiger partial charge in [0.1, 0.15) is 5.00 Å². The molecule has 1 aromatic heterocycles. The van der Waals surface area contributed by atoms with E-state index in [-0.39, 0.29) is 19.2 Å². The van der Waals surface area contributed by atoms with E-state index in [2.05, 4.69) is 14.9 Å². The van der Waals surface area contributed by atoms with Crippen molar-refractivity contribution >= 4 is 28.5 Å². The predicted octanol–water partition coefficient (Wildman–Crippen LogP) is -0.145. The summed E-state index contributed by atoms with van der Waals surface area (Å²) >= 11 is 1.06. The molecule has 0 aliphatic carbocycles. The molecule has 1 unspecified atom stereocenters. The average molecular weight is 258 g/mol. The van der Waals surface area contributed by atoms with E-state index < -0.39 is 12.1 Å². The molecule has 0 bridgehead atoms. The number of aliphatic carboxylic acids is 1. The van der Waals surface area contributed by atoms with Gasteiger partial charge in [0, 0.05) is 18.1 Å². The summed E-state index contributed by atoms with van der Waals surface area (Å²) in [7, 11) is 0. The van der Waals surface area contributed by atoms with Crippen LogP contribution in [0.25, 0.3) is 0 Å². The molecule has 1 aliphatic rings. The first-order valence-corrected chi connectivity index (χ1v) is 5.62. The molecule has 1 saturated heterocycles. The van der Waals surface area contributed by atoms with Gasteiger partial charge in [-0.2, -0.15) is 0 Å². The number of carbonyl (C=O) groups is 2. The van der Waals surface area contributed by atoms with Gasteiger partial charge in [-0.1, -0.05) is 4.49 Å². The lowest BCUT2D eigenvalue weighted by Gasteiger charge is -2.30. The van der Waals surface area contributed by atoms with Crippen LogP contribution in [-0.4, -0.2) is 57.4 Å². The third kappa shape index (κ3) is 2.88. The molecule has 2 amide bonds. The van der Waals surface area contributed by atoms with Crippen LogP contribution < -0.4 is 5.32 Å². The van der Waals surface area contributed by atoms with Gasteiger partial charge in [0.2, 0.25) is 0 Å². The zero-order valence-electron chi connectivity index (χ0n) is 8.70. The van der Waals surface area contributed by atoms with E-state index in [0.717, 1.165) is 11.5 Å². The fourth-order valence-electron chi connectivity index (χ4n) is 1.39.